The highest BCUT2D eigenvalue weighted by Crippen LogP contribution is 2.25. The van der Waals surface area contributed by atoms with E-state index in [1.165, 1.54) is 63.8 Å². The van der Waals surface area contributed by atoms with Crippen molar-refractivity contribution in [2.75, 3.05) is 43.4 Å². The summed E-state index contributed by atoms with van der Waals surface area (Å²) in [4.78, 5) is 10.9. The Kier molecular flexibility index (Phi) is 8.97. The van der Waals surface area contributed by atoms with Crippen LogP contribution in [0.5, 0.6) is 0 Å². The van der Waals surface area contributed by atoms with Crippen molar-refractivity contribution < 1.29 is 4.74 Å². The normalized spacial score (nSPS) is 20.3. The molecule has 0 aromatic carbocycles. The fourth-order valence-electron chi connectivity index (χ4n) is 3.86. The Hall–Kier alpha value is -0.560. The van der Waals surface area contributed by atoms with E-state index in [2.05, 4.69) is 26.1 Å². The summed E-state index contributed by atoms with van der Waals surface area (Å²) >= 11 is 7.87. The fourth-order valence-corrected chi connectivity index (χ4v) is 4.87. The van der Waals surface area contributed by atoms with Crippen LogP contribution in [0.15, 0.2) is 12.4 Å². The molecule has 0 saturated carbocycles. The molecule has 2 aliphatic rings. The molecule has 0 bridgehead atoms. The summed E-state index contributed by atoms with van der Waals surface area (Å²) in [5.41, 5.74) is 0. The predicted octanol–water partition coefficient (Wildman–Crippen LogP) is 4.67. The third-order valence-electron chi connectivity index (χ3n) is 5.49. The van der Waals surface area contributed by atoms with Crippen LogP contribution in [0.2, 0.25) is 5.02 Å². The molecule has 0 unspecified atom stereocenters. The van der Waals surface area contributed by atoms with E-state index >= 15 is 0 Å². The third kappa shape index (κ3) is 7.08. The second-order valence-corrected chi connectivity index (χ2v) is 9.23. The minimum atomic E-state index is 0.479. The maximum absolute atomic E-state index is 6.15. The van der Waals surface area contributed by atoms with Gasteiger partial charge in [-0.1, -0.05) is 30.5 Å². The van der Waals surface area contributed by atoms with Crippen molar-refractivity contribution in [1.82, 2.24) is 14.3 Å². The molecule has 3 rings (SSSR count). The summed E-state index contributed by atoms with van der Waals surface area (Å²) in [6.07, 6.45) is 12.4. The molecule has 0 amide bonds. The molecular weight excluding hydrogens is 380 g/mol. The first kappa shape index (κ1) is 21.2. The number of hydrogen-bond acceptors (Lipinski definition) is 6. The zero-order valence-corrected chi connectivity index (χ0v) is 18.1. The van der Waals surface area contributed by atoms with Gasteiger partial charge < -0.3 is 9.64 Å². The highest BCUT2D eigenvalue weighted by Gasteiger charge is 2.22. The third-order valence-corrected chi connectivity index (χ3v) is 7.01. The quantitative estimate of drug-likeness (QED) is 0.433. The number of aromatic nitrogens is 2. The van der Waals surface area contributed by atoms with E-state index in [0.29, 0.717) is 11.1 Å². The summed E-state index contributed by atoms with van der Waals surface area (Å²) in [5.74, 6) is 2.86. The van der Waals surface area contributed by atoms with E-state index in [0.717, 1.165) is 31.6 Å². The highest BCUT2D eigenvalue weighted by atomic mass is 35.5. The first-order valence-electron chi connectivity index (χ1n) is 10.5. The maximum Gasteiger partial charge on any atom is 0.225 e. The fraction of sp³-hybridized carbons (Fsp3) is 0.800. The van der Waals surface area contributed by atoms with Crippen LogP contribution in [0.25, 0.3) is 0 Å². The molecule has 0 N–H and O–H groups in total. The van der Waals surface area contributed by atoms with Crippen LogP contribution in [0.4, 0.5) is 5.95 Å². The Morgan fingerprint density at radius 3 is 2.48 bits per heavy atom. The lowest BCUT2D eigenvalue weighted by atomic mass is 9.92. The van der Waals surface area contributed by atoms with Gasteiger partial charge in [-0.3, -0.25) is 4.31 Å². The van der Waals surface area contributed by atoms with Gasteiger partial charge in [-0.15, -0.1) is 0 Å². The standard InChI is InChI=1S/C20H33ClN4OS/c1-2-14-27-25-11-7-19(8-12-25)26-13-3-4-17-5-9-24(10-6-17)20-22-15-18(21)16-23-20/h15-17,19H,2-14H2,1H3. The molecule has 0 radical (unpaired) electrons. The van der Waals surface area contributed by atoms with Crippen molar-refractivity contribution in [3.63, 3.8) is 0 Å². The van der Waals surface area contributed by atoms with Crippen molar-refractivity contribution in [3.05, 3.63) is 17.4 Å². The van der Waals surface area contributed by atoms with Crippen molar-refractivity contribution in [2.45, 2.75) is 58.0 Å². The van der Waals surface area contributed by atoms with Crippen molar-refractivity contribution in [1.29, 1.82) is 0 Å². The second kappa shape index (κ2) is 11.4. The number of piperidine rings is 2. The molecule has 27 heavy (non-hydrogen) atoms. The molecule has 1 aromatic heterocycles. The van der Waals surface area contributed by atoms with E-state index in [4.69, 9.17) is 16.3 Å². The highest BCUT2D eigenvalue weighted by molar-refractivity contribution is 7.97. The molecule has 0 aliphatic carbocycles. The average Bonchev–Trinajstić information content (AvgIpc) is 2.72. The Morgan fingerprint density at radius 1 is 1.11 bits per heavy atom. The molecule has 5 nitrogen and oxygen atoms in total. The molecule has 2 saturated heterocycles. The number of halogens is 1. The molecule has 0 spiro atoms. The van der Waals surface area contributed by atoms with Crippen LogP contribution in [-0.2, 0) is 4.74 Å². The van der Waals surface area contributed by atoms with Crippen LogP contribution in [0.3, 0.4) is 0 Å². The van der Waals surface area contributed by atoms with Crippen molar-refractivity contribution >= 4 is 29.5 Å². The summed E-state index contributed by atoms with van der Waals surface area (Å²) < 4.78 is 8.67. The number of nitrogens with zero attached hydrogens (tertiary/aromatic N) is 4. The second-order valence-electron chi connectivity index (χ2n) is 7.61. The van der Waals surface area contributed by atoms with E-state index in [-0.39, 0.29) is 0 Å². The molecule has 3 heterocycles. The molecule has 2 fully saturated rings. The van der Waals surface area contributed by atoms with Gasteiger partial charge in [-0.05, 0) is 50.9 Å². The predicted molar refractivity (Wildman–Crippen MR) is 115 cm³/mol. The van der Waals surface area contributed by atoms with Crippen LogP contribution in [-0.4, -0.2) is 58.9 Å². The topological polar surface area (TPSA) is 41.5 Å². The van der Waals surface area contributed by atoms with Crippen LogP contribution in [0, 0.1) is 5.92 Å². The smallest absolute Gasteiger partial charge is 0.225 e. The first-order chi connectivity index (χ1) is 13.2. The zero-order valence-electron chi connectivity index (χ0n) is 16.5. The summed E-state index contributed by atoms with van der Waals surface area (Å²) in [7, 11) is 0. The molecule has 1 aromatic rings. The molecule has 0 atom stereocenters. The average molecular weight is 413 g/mol. The van der Waals surface area contributed by atoms with Crippen molar-refractivity contribution in [2.24, 2.45) is 5.92 Å². The summed E-state index contributed by atoms with van der Waals surface area (Å²) in [6, 6.07) is 0. The Balaban J connectivity index is 1.24. The Morgan fingerprint density at radius 2 is 1.81 bits per heavy atom. The van der Waals surface area contributed by atoms with Gasteiger partial charge in [0.1, 0.15) is 0 Å². The molecular formula is C20H33ClN4OS. The molecule has 2 aliphatic heterocycles. The van der Waals surface area contributed by atoms with E-state index < -0.39 is 0 Å². The van der Waals surface area contributed by atoms with E-state index in [9.17, 15) is 0 Å². The largest absolute Gasteiger partial charge is 0.378 e. The van der Waals surface area contributed by atoms with Gasteiger partial charge in [-0.2, -0.15) is 0 Å². The maximum atomic E-state index is 6.15. The number of hydrogen-bond donors (Lipinski definition) is 0. The minimum absolute atomic E-state index is 0.479. The Bertz CT molecular complexity index is 531. The van der Waals surface area contributed by atoms with Crippen LogP contribution in [0.1, 0.15) is 51.9 Å². The lowest BCUT2D eigenvalue weighted by Gasteiger charge is -2.32. The summed E-state index contributed by atoms with van der Waals surface area (Å²) in [6.45, 7) is 7.62. The molecule has 7 heteroatoms. The first-order valence-corrected chi connectivity index (χ1v) is 11.8. The van der Waals surface area contributed by atoms with Crippen LogP contribution >= 0.6 is 23.5 Å². The molecule has 152 valence electrons. The lowest BCUT2D eigenvalue weighted by Crippen LogP contribution is -2.35. The van der Waals surface area contributed by atoms with Gasteiger partial charge in [0, 0.05) is 38.5 Å². The van der Waals surface area contributed by atoms with E-state index in [1.807, 2.05) is 11.9 Å². The lowest BCUT2D eigenvalue weighted by molar-refractivity contribution is 0.0189. The van der Waals surface area contributed by atoms with Gasteiger partial charge in [0.2, 0.25) is 5.95 Å². The van der Waals surface area contributed by atoms with Crippen molar-refractivity contribution in [3.8, 4) is 0 Å². The minimum Gasteiger partial charge on any atom is -0.378 e. The monoisotopic (exact) mass is 412 g/mol. The van der Waals surface area contributed by atoms with Gasteiger partial charge in [0.15, 0.2) is 0 Å². The number of anilines is 1. The Labute approximate surface area is 173 Å². The van der Waals surface area contributed by atoms with Gasteiger partial charge in [-0.25, -0.2) is 9.97 Å². The van der Waals surface area contributed by atoms with Gasteiger partial charge in [0.05, 0.1) is 23.5 Å². The van der Waals surface area contributed by atoms with Gasteiger partial charge in [0.25, 0.3) is 0 Å². The number of ether oxygens (including phenoxy) is 1. The summed E-state index contributed by atoms with van der Waals surface area (Å²) in [5, 5.41) is 0.596. The van der Waals surface area contributed by atoms with Crippen LogP contribution < -0.4 is 4.90 Å². The van der Waals surface area contributed by atoms with E-state index in [1.54, 1.807) is 12.4 Å². The SMILES string of the molecule is CCCSN1CCC(OCCCC2CCN(c3ncc(Cl)cn3)CC2)CC1. The van der Waals surface area contributed by atoms with Gasteiger partial charge >= 0.3 is 0 Å². The number of rotatable bonds is 9. The zero-order chi connectivity index (χ0) is 18.9.